The number of unbranched alkanes of at least 4 members (excludes halogenated alkanes) is 13. The van der Waals surface area contributed by atoms with Gasteiger partial charge in [-0.25, -0.2) is 0 Å². The van der Waals surface area contributed by atoms with Gasteiger partial charge in [-0.1, -0.05) is 77.6 Å². The fourth-order valence-corrected chi connectivity index (χ4v) is 3.98. The van der Waals surface area contributed by atoms with E-state index in [1.54, 1.807) is 0 Å². The molecule has 0 aromatic rings. The lowest BCUT2D eigenvalue weighted by atomic mass is 10.1. The van der Waals surface area contributed by atoms with E-state index in [9.17, 15) is 9.59 Å². The lowest BCUT2D eigenvalue weighted by Crippen LogP contribution is -2.31. The van der Waals surface area contributed by atoms with Crippen molar-refractivity contribution in [2.45, 2.75) is 122 Å². The van der Waals surface area contributed by atoms with Crippen LogP contribution in [-0.4, -0.2) is 57.8 Å². The minimum atomic E-state index is -0.0421. The summed E-state index contributed by atoms with van der Waals surface area (Å²) in [4.78, 5) is 23.7. The van der Waals surface area contributed by atoms with Crippen molar-refractivity contribution in [2.75, 3.05) is 45.9 Å². The molecule has 0 spiro atoms. The summed E-state index contributed by atoms with van der Waals surface area (Å²) in [6.45, 7) is 8.12. The second-order valence-corrected chi connectivity index (χ2v) is 9.66. The Labute approximate surface area is 216 Å². The average Bonchev–Trinajstić information content (AvgIpc) is 2.85. The fourth-order valence-electron chi connectivity index (χ4n) is 3.98. The van der Waals surface area contributed by atoms with Crippen molar-refractivity contribution in [3.63, 3.8) is 0 Å². The zero-order chi connectivity index (χ0) is 25.7. The molecule has 0 aromatic heterocycles. The first-order valence-electron chi connectivity index (χ1n) is 14.7. The second kappa shape index (κ2) is 29.1. The first-order chi connectivity index (χ1) is 17.2. The lowest BCUT2D eigenvalue weighted by molar-refractivity contribution is -0.143. The maximum absolute atomic E-state index is 11.9. The van der Waals surface area contributed by atoms with Gasteiger partial charge in [0, 0.05) is 45.6 Å². The summed E-state index contributed by atoms with van der Waals surface area (Å²) in [5.41, 5.74) is 5.43. The molecule has 0 unspecified atom stereocenters. The van der Waals surface area contributed by atoms with Crippen LogP contribution < -0.4 is 21.7 Å². The highest BCUT2D eigenvalue weighted by atomic mass is 16.5. The molecule has 0 aliphatic carbocycles. The Morgan fingerprint density at radius 1 is 0.600 bits per heavy atom. The van der Waals surface area contributed by atoms with Crippen molar-refractivity contribution in [1.29, 1.82) is 0 Å². The van der Waals surface area contributed by atoms with Crippen LogP contribution in [0.1, 0.15) is 122 Å². The highest BCUT2D eigenvalue weighted by molar-refractivity contribution is 5.75. The molecule has 0 aliphatic rings. The third kappa shape index (κ3) is 28.9. The first-order valence-corrected chi connectivity index (χ1v) is 14.7. The Kier molecular flexibility index (Phi) is 28.1. The highest BCUT2D eigenvalue weighted by Gasteiger charge is 2.03. The van der Waals surface area contributed by atoms with E-state index in [4.69, 9.17) is 10.5 Å². The molecule has 35 heavy (non-hydrogen) atoms. The third-order valence-corrected chi connectivity index (χ3v) is 6.20. The van der Waals surface area contributed by atoms with Gasteiger partial charge in [0.25, 0.3) is 0 Å². The summed E-state index contributed by atoms with van der Waals surface area (Å²) in [7, 11) is 0. The SMILES string of the molecule is CCCCCCCCCOC(=O)CCCCCCCCC(=O)NCCCCCNCCNCCN. The summed E-state index contributed by atoms with van der Waals surface area (Å²) < 4.78 is 5.33. The quantitative estimate of drug-likeness (QED) is 0.0910. The Hall–Kier alpha value is -1.18. The maximum atomic E-state index is 11.9. The van der Waals surface area contributed by atoms with E-state index in [0.29, 0.717) is 26.0 Å². The molecule has 0 aliphatic heterocycles. The molecule has 7 nitrogen and oxygen atoms in total. The van der Waals surface area contributed by atoms with E-state index in [0.717, 1.165) is 96.9 Å². The maximum Gasteiger partial charge on any atom is 0.305 e. The molecule has 5 N–H and O–H groups in total. The molecular weight excluding hydrogens is 440 g/mol. The molecule has 7 heteroatoms. The lowest BCUT2D eigenvalue weighted by Gasteiger charge is -2.07. The normalized spacial score (nSPS) is 11.0. The summed E-state index contributed by atoms with van der Waals surface area (Å²) in [5.74, 6) is 0.136. The Bertz CT molecular complexity index is 463. The van der Waals surface area contributed by atoms with Gasteiger partial charge >= 0.3 is 5.97 Å². The zero-order valence-corrected chi connectivity index (χ0v) is 23.0. The minimum Gasteiger partial charge on any atom is -0.466 e. The number of hydrogen-bond acceptors (Lipinski definition) is 6. The molecule has 0 heterocycles. The number of ether oxygens (including phenoxy) is 1. The molecule has 0 bridgehead atoms. The summed E-state index contributed by atoms with van der Waals surface area (Å²) >= 11 is 0. The van der Waals surface area contributed by atoms with Gasteiger partial charge in [0.05, 0.1) is 6.61 Å². The average molecular weight is 499 g/mol. The van der Waals surface area contributed by atoms with E-state index >= 15 is 0 Å². The highest BCUT2D eigenvalue weighted by Crippen LogP contribution is 2.10. The monoisotopic (exact) mass is 498 g/mol. The summed E-state index contributed by atoms with van der Waals surface area (Å²) in [6.07, 6.45) is 19.4. The van der Waals surface area contributed by atoms with Crippen LogP contribution in [0.2, 0.25) is 0 Å². The molecule has 0 atom stereocenters. The van der Waals surface area contributed by atoms with Crippen LogP contribution in [0.3, 0.4) is 0 Å². The van der Waals surface area contributed by atoms with Crippen LogP contribution in [-0.2, 0) is 14.3 Å². The predicted molar refractivity (Wildman–Crippen MR) is 148 cm³/mol. The van der Waals surface area contributed by atoms with E-state index in [2.05, 4.69) is 22.9 Å². The van der Waals surface area contributed by atoms with Gasteiger partial charge in [0.2, 0.25) is 5.91 Å². The van der Waals surface area contributed by atoms with Gasteiger partial charge in [0.1, 0.15) is 0 Å². The fraction of sp³-hybridized carbons (Fsp3) is 0.929. The summed E-state index contributed by atoms with van der Waals surface area (Å²) in [6, 6.07) is 0. The van der Waals surface area contributed by atoms with Gasteiger partial charge in [-0.05, 0) is 38.6 Å². The van der Waals surface area contributed by atoms with Gasteiger partial charge in [-0.2, -0.15) is 0 Å². The number of carbonyl (C=O) groups is 2. The minimum absolute atomic E-state index is 0.0421. The molecule has 1 amide bonds. The van der Waals surface area contributed by atoms with Crippen molar-refractivity contribution in [3.05, 3.63) is 0 Å². The molecule has 208 valence electrons. The Morgan fingerprint density at radius 3 is 1.83 bits per heavy atom. The topological polar surface area (TPSA) is 105 Å². The van der Waals surface area contributed by atoms with Gasteiger partial charge in [0.15, 0.2) is 0 Å². The number of nitrogens with one attached hydrogen (secondary N) is 3. The molecule has 0 saturated carbocycles. The smallest absolute Gasteiger partial charge is 0.305 e. The third-order valence-electron chi connectivity index (χ3n) is 6.20. The molecule has 0 fully saturated rings. The van der Waals surface area contributed by atoms with Crippen LogP contribution in [0.15, 0.2) is 0 Å². The van der Waals surface area contributed by atoms with Crippen molar-refractivity contribution in [2.24, 2.45) is 5.73 Å². The standard InChI is InChI=1S/C28H58N4O3/c1-2-3-4-5-8-11-17-26-35-28(34)19-14-10-7-6-9-13-18-27(33)32-22-16-12-15-21-30-24-25-31-23-20-29/h30-31H,2-26,29H2,1H3,(H,32,33). The van der Waals surface area contributed by atoms with Gasteiger partial charge < -0.3 is 26.4 Å². The molecule has 0 radical (unpaired) electrons. The van der Waals surface area contributed by atoms with Gasteiger partial charge in [-0.3, -0.25) is 9.59 Å². The number of hydrogen-bond donors (Lipinski definition) is 4. The number of rotatable bonds is 28. The number of amides is 1. The van der Waals surface area contributed by atoms with Crippen LogP contribution in [0.4, 0.5) is 0 Å². The van der Waals surface area contributed by atoms with Crippen LogP contribution >= 0.6 is 0 Å². The second-order valence-electron chi connectivity index (χ2n) is 9.66. The van der Waals surface area contributed by atoms with Crippen LogP contribution in [0, 0.1) is 0 Å². The first kappa shape index (κ1) is 33.8. The Balaban J connectivity index is 3.25. The van der Waals surface area contributed by atoms with Crippen molar-refractivity contribution in [3.8, 4) is 0 Å². The number of carbonyl (C=O) groups excluding carboxylic acids is 2. The molecular formula is C28H58N4O3. The van der Waals surface area contributed by atoms with E-state index in [-0.39, 0.29) is 11.9 Å². The number of nitrogens with two attached hydrogens (primary N) is 1. The Morgan fingerprint density at radius 2 is 1.14 bits per heavy atom. The molecule has 0 saturated heterocycles. The van der Waals surface area contributed by atoms with Crippen molar-refractivity contribution < 1.29 is 14.3 Å². The van der Waals surface area contributed by atoms with Crippen LogP contribution in [0.5, 0.6) is 0 Å². The van der Waals surface area contributed by atoms with Crippen molar-refractivity contribution in [1.82, 2.24) is 16.0 Å². The molecule has 0 aromatic carbocycles. The largest absolute Gasteiger partial charge is 0.466 e. The van der Waals surface area contributed by atoms with Crippen LogP contribution in [0.25, 0.3) is 0 Å². The predicted octanol–water partition coefficient (Wildman–Crippen LogP) is 4.83. The number of esters is 1. The van der Waals surface area contributed by atoms with Crippen molar-refractivity contribution >= 4 is 11.9 Å². The van der Waals surface area contributed by atoms with E-state index in [1.807, 2.05) is 0 Å². The van der Waals surface area contributed by atoms with E-state index < -0.39 is 0 Å². The summed E-state index contributed by atoms with van der Waals surface area (Å²) in [5, 5.41) is 9.70. The van der Waals surface area contributed by atoms with E-state index in [1.165, 1.54) is 38.5 Å². The molecule has 0 rings (SSSR count). The zero-order valence-electron chi connectivity index (χ0n) is 23.0. The van der Waals surface area contributed by atoms with Gasteiger partial charge in [-0.15, -0.1) is 0 Å².